The molecule has 4 heteroatoms. The second-order valence-electron chi connectivity index (χ2n) is 8.31. The highest BCUT2D eigenvalue weighted by atomic mass is 15.2. The predicted molar refractivity (Wildman–Crippen MR) is 116 cm³/mol. The molecule has 0 aromatic carbocycles. The van der Waals surface area contributed by atoms with E-state index in [-0.39, 0.29) is 0 Å². The lowest BCUT2D eigenvalue weighted by Gasteiger charge is -2.32. The number of hydrogen-bond acceptors (Lipinski definition) is 4. The van der Waals surface area contributed by atoms with E-state index < -0.39 is 0 Å². The van der Waals surface area contributed by atoms with Crippen molar-refractivity contribution in [2.75, 3.05) is 66.0 Å². The normalized spacial score (nSPS) is 16.6. The average Bonchev–Trinajstić information content (AvgIpc) is 2.65. The van der Waals surface area contributed by atoms with E-state index >= 15 is 0 Å². The number of hydrogen-bond donors (Lipinski definition) is 1. The van der Waals surface area contributed by atoms with E-state index in [2.05, 4.69) is 28.7 Å². The minimum atomic E-state index is 0.804. The second-order valence-corrected chi connectivity index (χ2v) is 8.31. The van der Waals surface area contributed by atoms with E-state index in [9.17, 15) is 0 Å². The molecule has 1 heterocycles. The van der Waals surface area contributed by atoms with Crippen molar-refractivity contribution in [2.24, 2.45) is 5.73 Å². The van der Waals surface area contributed by atoms with Crippen LogP contribution in [0.15, 0.2) is 0 Å². The Balaban J connectivity index is 1.95. The van der Waals surface area contributed by atoms with Crippen LogP contribution in [-0.2, 0) is 0 Å². The first kappa shape index (κ1) is 23.9. The number of nitrogens with two attached hydrogens (primary N) is 1. The zero-order valence-corrected chi connectivity index (χ0v) is 18.1. The molecule has 1 aliphatic heterocycles. The van der Waals surface area contributed by atoms with Crippen LogP contribution in [0.1, 0.15) is 77.6 Å². The van der Waals surface area contributed by atoms with Crippen molar-refractivity contribution >= 4 is 0 Å². The average molecular weight is 369 g/mol. The summed E-state index contributed by atoms with van der Waals surface area (Å²) < 4.78 is 0. The molecule has 0 atom stereocenters. The van der Waals surface area contributed by atoms with E-state index in [4.69, 9.17) is 5.73 Å². The van der Waals surface area contributed by atoms with E-state index in [1.165, 1.54) is 116 Å². The lowest BCUT2D eigenvalue weighted by molar-refractivity contribution is 0.151. The fourth-order valence-electron chi connectivity index (χ4n) is 3.91. The van der Waals surface area contributed by atoms with Crippen LogP contribution in [0.3, 0.4) is 0 Å². The molecule has 0 aromatic rings. The molecule has 0 radical (unpaired) electrons. The molecule has 0 amide bonds. The van der Waals surface area contributed by atoms with Crippen molar-refractivity contribution in [1.82, 2.24) is 14.7 Å². The highest BCUT2D eigenvalue weighted by Gasteiger charge is 2.12. The van der Waals surface area contributed by atoms with Crippen LogP contribution in [0.5, 0.6) is 0 Å². The Morgan fingerprint density at radius 1 is 0.692 bits per heavy atom. The smallest absolute Gasteiger partial charge is 0.0110 e. The molecule has 1 saturated heterocycles. The summed E-state index contributed by atoms with van der Waals surface area (Å²) in [4.78, 5) is 7.68. The van der Waals surface area contributed by atoms with Crippen molar-refractivity contribution in [3.8, 4) is 0 Å². The van der Waals surface area contributed by atoms with Gasteiger partial charge in [-0.1, -0.05) is 58.3 Å². The minimum Gasteiger partial charge on any atom is -0.329 e. The van der Waals surface area contributed by atoms with Gasteiger partial charge in [-0.15, -0.1) is 0 Å². The monoisotopic (exact) mass is 368 g/mol. The quantitative estimate of drug-likeness (QED) is 0.396. The molecular weight excluding hydrogens is 320 g/mol. The van der Waals surface area contributed by atoms with Gasteiger partial charge < -0.3 is 20.4 Å². The molecule has 0 saturated carbocycles. The van der Waals surface area contributed by atoms with E-state index in [0.29, 0.717) is 0 Å². The number of nitrogens with zero attached hydrogens (tertiary/aromatic N) is 3. The maximum Gasteiger partial charge on any atom is 0.0110 e. The molecule has 0 bridgehead atoms. The maximum absolute atomic E-state index is 5.81. The van der Waals surface area contributed by atoms with Gasteiger partial charge in [-0.2, -0.15) is 0 Å². The van der Waals surface area contributed by atoms with Gasteiger partial charge in [-0.05, 0) is 45.9 Å². The molecule has 0 spiro atoms. The molecule has 1 rings (SSSR count). The van der Waals surface area contributed by atoms with Crippen molar-refractivity contribution < 1.29 is 0 Å². The van der Waals surface area contributed by atoms with Gasteiger partial charge in [0.1, 0.15) is 0 Å². The molecule has 0 aromatic heterocycles. The van der Waals surface area contributed by atoms with Crippen LogP contribution in [0.2, 0.25) is 0 Å². The van der Waals surface area contributed by atoms with Gasteiger partial charge >= 0.3 is 0 Å². The zero-order chi connectivity index (χ0) is 18.9. The molecule has 1 fully saturated rings. The molecular formula is C22H48N4. The van der Waals surface area contributed by atoms with Crippen molar-refractivity contribution in [2.45, 2.75) is 77.6 Å². The third kappa shape index (κ3) is 13.1. The van der Waals surface area contributed by atoms with Gasteiger partial charge in [-0.25, -0.2) is 0 Å². The predicted octanol–water partition coefficient (Wildman–Crippen LogP) is 3.81. The van der Waals surface area contributed by atoms with Crippen molar-refractivity contribution in [1.29, 1.82) is 0 Å². The molecule has 4 nitrogen and oxygen atoms in total. The third-order valence-corrected chi connectivity index (χ3v) is 5.82. The Labute approximate surface area is 164 Å². The molecule has 1 aliphatic rings. The standard InChI is InChI=1S/C22H48N4/c1-3-4-5-6-7-8-9-11-15-25(18-14-23)16-12-10-13-17-26-21-19-24(2)20-22-26/h3-23H2,1-2H3. The summed E-state index contributed by atoms with van der Waals surface area (Å²) in [6.07, 6.45) is 15.3. The summed E-state index contributed by atoms with van der Waals surface area (Å²) in [5, 5.41) is 0. The van der Waals surface area contributed by atoms with Crippen LogP contribution in [0, 0.1) is 0 Å². The van der Waals surface area contributed by atoms with Gasteiger partial charge in [0.2, 0.25) is 0 Å². The van der Waals surface area contributed by atoms with Crippen LogP contribution >= 0.6 is 0 Å². The lowest BCUT2D eigenvalue weighted by atomic mass is 10.1. The fourth-order valence-corrected chi connectivity index (χ4v) is 3.91. The van der Waals surface area contributed by atoms with Crippen LogP contribution in [0.25, 0.3) is 0 Å². The Morgan fingerprint density at radius 3 is 1.81 bits per heavy atom. The summed E-state index contributed by atoms with van der Waals surface area (Å²) in [6.45, 7) is 13.0. The molecule has 0 unspecified atom stereocenters. The van der Waals surface area contributed by atoms with Gasteiger partial charge in [0.25, 0.3) is 0 Å². The van der Waals surface area contributed by atoms with Gasteiger partial charge in [0.15, 0.2) is 0 Å². The summed E-state index contributed by atoms with van der Waals surface area (Å²) in [7, 11) is 2.23. The van der Waals surface area contributed by atoms with Gasteiger partial charge in [-0.3, -0.25) is 0 Å². The highest BCUT2D eigenvalue weighted by molar-refractivity contribution is 4.69. The van der Waals surface area contributed by atoms with E-state index in [1.807, 2.05) is 0 Å². The van der Waals surface area contributed by atoms with Gasteiger partial charge in [0, 0.05) is 39.3 Å². The summed E-state index contributed by atoms with van der Waals surface area (Å²) in [5.41, 5.74) is 5.81. The summed E-state index contributed by atoms with van der Waals surface area (Å²) in [5.74, 6) is 0. The van der Waals surface area contributed by atoms with E-state index in [1.54, 1.807) is 0 Å². The van der Waals surface area contributed by atoms with Crippen LogP contribution in [-0.4, -0.2) is 80.7 Å². The summed E-state index contributed by atoms with van der Waals surface area (Å²) in [6, 6.07) is 0. The first-order chi connectivity index (χ1) is 12.8. The second kappa shape index (κ2) is 17.0. The molecule has 0 aliphatic carbocycles. The Hall–Kier alpha value is -0.160. The highest BCUT2D eigenvalue weighted by Crippen LogP contribution is 2.09. The Kier molecular flexibility index (Phi) is 15.6. The van der Waals surface area contributed by atoms with E-state index in [0.717, 1.165) is 13.1 Å². The number of unbranched alkanes of at least 4 members (excludes halogenated alkanes) is 9. The van der Waals surface area contributed by atoms with Crippen LogP contribution in [0.4, 0.5) is 0 Å². The third-order valence-electron chi connectivity index (χ3n) is 5.82. The first-order valence-corrected chi connectivity index (χ1v) is 11.6. The lowest BCUT2D eigenvalue weighted by Crippen LogP contribution is -2.44. The molecule has 156 valence electrons. The Bertz CT molecular complexity index is 290. The number of likely N-dealkylation sites (N-methyl/N-ethyl adjacent to an activating group) is 1. The maximum atomic E-state index is 5.81. The number of rotatable bonds is 17. The summed E-state index contributed by atoms with van der Waals surface area (Å²) >= 11 is 0. The van der Waals surface area contributed by atoms with Crippen molar-refractivity contribution in [3.63, 3.8) is 0 Å². The van der Waals surface area contributed by atoms with Crippen LogP contribution < -0.4 is 5.73 Å². The SMILES string of the molecule is CCCCCCCCCCN(CCN)CCCCCN1CCN(C)CC1. The van der Waals surface area contributed by atoms with Crippen molar-refractivity contribution in [3.05, 3.63) is 0 Å². The Morgan fingerprint density at radius 2 is 1.23 bits per heavy atom. The molecule has 26 heavy (non-hydrogen) atoms. The minimum absolute atomic E-state index is 0.804. The largest absolute Gasteiger partial charge is 0.329 e. The zero-order valence-electron chi connectivity index (χ0n) is 18.1. The topological polar surface area (TPSA) is 35.7 Å². The first-order valence-electron chi connectivity index (χ1n) is 11.6. The van der Waals surface area contributed by atoms with Gasteiger partial charge in [0.05, 0.1) is 0 Å². The molecule has 2 N–H and O–H groups in total. The fraction of sp³-hybridized carbons (Fsp3) is 1.00. The number of piperazine rings is 1.